The van der Waals surface area contributed by atoms with Gasteiger partial charge in [0.2, 0.25) is 0 Å². The highest BCUT2D eigenvalue weighted by Gasteiger charge is 2.07. The lowest BCUT2D eigenvalue weighted by atomic mass is 10.1. The van der Waals surface area contributed by atoms with Crippen molar-refractivity contribution in [3.05, 3.63) is 89.8 Å². The first kappa shape index (κ1) is 19.8. The number of aromatic nitrogens is 1. The predicted molar refractivity (Wildman–Crippen MR) is 111 cm³/mol. The van der Waals surface area contributed by atoms with Gasteiger partial charge in [-0.25, -0.2) is 0 Å². The first-order chi connectivity index (χ1) is 14.1. The van der Waals surface area contributed by atoms with Crippen LogP contribution in [-0.2, 0) is 0 Å². The Balaban J connectivity index is 1.65. The zero-order valence-corrected chi connectivity index (χ0v) is 16.1. The van der Waals surface area contributed by atoms with E-state index < -0.39 is 0 Å². The molecule has 1 N–H and O–H groups in total. The number of carbonyl (C=O) groups is 2. The van der Waals surface area contributed by atoms with Crippen molar-refractivity contribution in [2.75, 3.05) is 14.2 Å². The molecule has 29 heavy (non-hydrogen) atoms. The van der Waals surface area contributed by atoms with E-state index in [2.05, 4.69) is 10.3 Å². The second-order valence-electron chi connectivity index (χ2n) is 6.05. The summed E-state index contributed by atoms with van der Waals surface area (Å²) in [5.74, 6) is 1.39. The summed E-state index contributed by atoms with van der Waals surface area (Å²) in [4.78, 5) is 28.0. The minimum atomic E-state index is -0.292. The molecular formula is C23H20N2O4. The number of hydrogen-bond acceptors (Lipinski definition) is 5. The van der Waals surface area contributed by atoms with Gasteiger partial charge in [-0.2, -0.15) is 0 Å². The van der Waals surface area contributed by atoms with Gasteiger partial charge >= 0.3 is 0 Å². The number of hydrogen-bond donors (Lipinski definition) is 1. The van der Waals surface area contributed by atoms with Gasteiger partial charge in [0, 0.05) is 24.9 Å². The molecule has 6 nitrogen and oxygen atoms in total. The molecule has 0 fully saturated rings. The van der Waals surface area contributed by atoms with Crippen LogP contribution in [0, 0.1) is 0 Å². The molecule has 0 aliphatic heterocycles. The number of nitrogens with zero attached hydrogens (tertiary/aromatic N) is 1. The summed E-state index contributed by atoms with van der Waals surface area (Å²) in [5, 5.41) is 2.51. The maximum atomic E-state index is 12.4. The zero-order valence-electron chi connectivity index (χ0n) is 16.1. The van der Waals surface area contributed by atoms with E-state index in [-0.39, 0.29) is 17.4 Å². The number of ketones is 1. The highest BCUT2D eigenvalue weighted by Crippen LogP contribution is 2.22. The average molecular weight is 388 g/mol. The lowest BCUT2D eigenvalue weighted by Crippen LogP contribution is -2.18. The van der Waals surface area contributed by atoms with E-state index in [1.807, 2.05) is 24.3 Å². The molecule has 3 aromatic rings. The number of nitrogens with one attached hydrogen (secondary N) is 1. The minimum Gasteiger partial charge on any atom is -0.497 e. The first-order valence-corrected chi connectivity index (χ1v) is 8.91. The topological polar surface area (TPSA) is 77.5 Å². The van der Waals surface area contributed by atoms with Crippen molar-refractivity contribution < 1.29 is 19.1 Å². The lowest BCUT2D eigenvalue weighted by molar-refractivity contribution is 0.0957. The molecule has 1 amide bonds. The molecule has 0 bridgehead atoms. The van der Waals surface area contributed by atoms with Crippen LogP contribution in [0.25, 0.3) is 6.08 Å². The van der Waals surface area contributed by atoms with Crippen LogP contribution in [0.3, 0.4) is 0 Å². The van der Waals surface area contributed by atoms with Gasteiger partial charge in [0.15, 0.2) is 5.78 Å². The molecule has 2 aromatic carbocycles. The van der Waals surface area contributed by atoms with Gasteiger partial charge in [0.1, 0.15) is 22.9 Å². The number of carbonyl (C=O) groups excluding carboxylic acids is 2. The number of methoxy groups -OCH3 is 1. The second kappa shape index (κ2) is 9.32. The van der Waals surface area contributed by atoms with Gasteiger partial charge < -0.3 is 14.8 Å². The van der Waals surface area contributed by atoms with Crippen molar-refractivity contribution >= 4 is 17.8 Å². The lowest BCUT2D eigenvalue weighted by Gasteiger charge is -2.07. The molecule has 1 aromatic heterocycles. The van der Waals surface area contributed by atoms with E-state index in [1.165, 1.54) is 19.3 Å². The summed E-state index contributed by atoms with van der Waals surface area (Å²) < 4.78 is 10.9. The average Bonchev–Trinajstić information content (AvgIpc) is 2.78. The Bertz CT molecular complexity index is 1030. The minimum absolute atomic E-state index is 0.113. The fourth-order valence-electron chi connectivity index (χ4n) is 2.53. The predicted octanol–water partition coefficient (Wildman–Crippen LogP) is 4.14. The van der Waals surface area contributed by atoms with E-state index >= 15 is 0 Å². The smallest absolute Gasteiger partial charge is 0.269 e. The molecule has 0 spiro atoms. The molecule has 146 valence electrons. The molecule has 0 saturated heterocycles. The van der Waals surface area contributed by atoms with Crippen molar-refractivity contribution in [3.63, 3.8) is 0 Å². The van der Waals surface area contributed by atoms with E-state index in [0.29, 0.717) is 17.1 Å². The second-order valence-corrected chi connectivity index (χ2v) is 6.05. The number of pyridine rings is 1. The van der Waals surface area contributed by atoms with Crippen LogP contribution in [0.15, 0.2) is 72.9 Å². The van der Waals surface area contributed by atoms with Crippen LogP contribution >= 0.6 is 0 Å². The zero-order chi connectivity index (χ0) is 20.6. The maximum absolute atomic E-state index is 12.4. The summed E-state index contributed by atoms with van der Waals surface area (Å²) in [6.45, 7) is 0. The van der Waals surface area contributed by atoms with Gasteiger partial charge in [0.25, 0.3) is 5.91 Å². The van der Waals surface area contributed by atoms with Crippen molar-refractivity contribution in [3.8, 4) is 17.2 Å². The Morgan fingerprint density at radius 3 is 2.28 bits per heavy atom. The molecule has 0 unspecified atom stereocenters. The molecule has 0 aliphatic carbocycles. The van der Waals surface area contributed by atoms with E-state index in [4.69, 9.17) is 9.47 Å². The number of allylic oxidation sites excluding steroid dienone is 1. The Hall–Kier alpha value is -3.93. The van der Waals surface area contributed by atoms with Crippen molar-refractivity contribution in [1.29, 1.82) is 0 Å². The number of amides is 1. The summed E-state index contributed by atoms with van der Waals surface area (Å²) in [6, 6.07) is 17.4. The van der Waals surface area contributed by atoms with E-state index in [9.17, 15) is 9.59 Å². The van der Waals surface area contributed by atoms with Gasteiger partial charge in [-0.1, -0.05) is 18.2 Å². The number of rotatable bonds is 7. The fraction of sp³-hybridized carbons (Fsp3) is 0.0870. The number of benzene rings is 2. The molecule has 1 heterocycles. The summed E-state index contributed by atoms with van der Waals surface area (Å²) in [5.41, 5.74) is 1.71. The highest BCUT2D eigenvalue weighted by molar-refractivity contribution is 6.06. The Labute approximate surface area is 168 Å². The third kappa shape index (κ3) is 5.29. The molecule has 6 heteroatoms. The normalized spacial score (nSPS) is 10.6. The molecular weight excluding hydrogens is 368 g/mol. The SMILES string of the molecule is CNC(=O)c1cc(Oc2ccc(C(=O)/C=C/c3ccc(OC)cc3)cc2)ccn1. The van der Waals surface area contributed by atoms with Crippen LogP contribution in [0.4, 0.5) is 0 Å². The van der Waals surface area contributed by atoms with E-state index in [1.54, 1.807) is 49.6 Å². The molecule has 0 saturated carbocycles. The van der Waals surface area contributed by atoms with Crippen molar-refractivity contribution in [2.24, 2.45) is 0 Å². The third-order valence-electron chi connectivity index (χ3n) is 4.11. The summed E-state index contributed by atoms with van der Waals surface area (Å²) in [6.07, 6.45) is 4.78. The first-order valence-electron chi connectivity index (χ1n) is 8.91. The quantitative estimate of drug-likeness (QED) is 0.486. The van der Waals surface area contributed by atoms with Crippen LogP contribution in [-0.4, -0.2) is 30.8 Å². The molecule has 0 radical (unpaired) electrons. The van der Waals surface area contributed by atoms with Crippen molar-refractivity contribution in [1.82, 2.24) is 10.3 Å². The fourth-order valence-corrected chi connectivity index (χ4v) is 2.53. The summed E-state index contributed by atoms with van der Waals surface area (Å²) in [7, 11) is 3.15. The van der Waals surface area contributed by atoms with Crippen LogP contribution < -0.4 is 14.8 Å². The van der Waals surface area contributed by atoms with Crippen LogP contribution in [0.2, 0.25) is 0 Å². The van der Waals surface area contributed by atoms with Crippen LogP contribution in [0.5, 0.6) is 17.2 Å². The Morgan fingerprint density at radius 1 is 0.931 bits per heavy atom. The summed E-state index contributed by atoms with van der Waals surface area (Å²) >= 11 is 0. The molecule has 0 atom stereocenters. The largest absolute Gasteiger partial charge is 0.497 e. The molecule has 0 aliphatic rings. The maximum Gasteiger partial charge on any atom is 0.269 e. The van der Waals surface area contributed by atoms with Gasteiger partial charge in [-0.05, 0) is 54.1 Å². The third-order valence-corrected chi connectivity index (χ3v) is 4.11. The van der Waals surface area contributed by atoms with Crippen molar-refractivity contribution in [2.45, 2.75) is 0 Å². The van der Waals surface area contributed by atoms with Gasteiger partial charge in [-0.3, -0.25) is 14.6 Å². The van der Waals surface area contributed by atoms with E-state index in [0.717, 1.165) is 11.3 Å². The Morgan fingerprint density at radius 2 is 1.62 bits per heavy atom. The number of ether oxygens (including phenoxy) is 2. The highest BCUT2D eigenvalue weighted by atomic mass is 16.5. The van der Waals surface area contributed by atoms with Crippen LogP contribution in [0.1, 0.15) is 26.4 Å². The monoisotopic (exact) mass is 388 g/mol. The van der Waals surface area contributed by atoms with Gasteiger partial charge in [0.05, 0.1) is 7.11 Å². The molecule has 3 rings (SSSR count). The van der Waals surface area contributed by atoms with Gasteiger partial charge in [-0.15, -0.1) is 0 Å². The standard InChI is InChI=1S/C23H20N2O4/c1-24-23(27)21-15-20(13-14-25-21)29-19-10-6-17(7-11-19)22(26)12-5-16-3-8-18(28-2)9-4-16/h3-15H,1-2H3,(H,24,27)/b12-5+. The Kier molecular flexibility index (Phi) is 6.37.